The molecule has 0 fully saturated rings. The maximum absolute atomic E-state index is 11.9. The molecule has 1 aromatic rings. The first-order valence-electron chi connectivity index (χ1n) is 5.33. The molecule has 0 bridgehead atoms. The predicted octanol–water partition coefficient (Wildman–Crippen LogP) is 1.50. The summed E-state index contributed by atoms with van der Waals surface area (Å²) in [4.78, 5) is 0. The molecule has 1 aromatic carbocycles. The molecule has 0 amide bonds. The molecule has 0 saturated carbocycles. The van der Waals surface area contributed by atoms with Crippen molar-refractivity contribution in [3.05, 3.63) is 29.8 Å². The first-order chi connectivity index (χ1) is 8.55. The van der Waals surface area contributed by atoms with Gasteiger partial charge in [-0.05, 0) is 24.1 Å². The van der Waals surface area contributed by atoms with E-state index in [1.54, 1.807) is 0 Å². The SMILES string of the molecule is CS(=O)(=O)CC(N)Cc1ccc(OC(F)(F)F)cc1. The molecule has 0 spiro atoms. The Kier molecular flexibility index (Phi) is 4.81. The zero-order valence-corrected chi connectivity index (χ0v) is 11.0. The number of benzene rings is 1. The Hall–Kier alpha value is -1.28. The topological polar surface area (TPSA) is 69.4 Å². The van der Waals surface area contributed by atoms with E-state index in [4.69, 9.17) is 5.73 Å². The lowest BCUT2D eigenvalue weighted by molar-refractivity contribution is -0.274. The van der Waals surface area contributed by atoms with Gasteiger partial charge in [0.25, 0.3) is 0 Å². The fourth-order valence-corrected chi connectivity index (χ4v) is 2.47. The molecule has 0 aliphatic carbocycles. The van der Waals surface area contributed by atoms with E-state index < -0.39 is 22.2 Å². The van der Waals surface area contributed by atoms with Gasteiger partial charge in [0.15, 0.2) is 0 Å². The standard InChI is InChI=1S/C11H14F3NO3S/c1-19(16,17)7-9(15)6-8-2-4-10(5-3-8)18-11(12,13)14/h2-5,9H,6-7,15H2,1H3. The van der Waals surface area contributed by atoms with Gasteiger partial charge in [0.2, 0.25) is 0 Å². The van der Waals surface area contributed by atoms with Crippen LogP contribution in [0.1, 0.15) is 5.56 Å². The van der Waals surface area contributed by atoms with Gasteiger partial charge in [-0.25, -0.2) is 8.42 Å². The highest BCUT2D eigenvalue weighted by atomic mass is 32.2. The molecule has 19 heavy (non-hydrogen) atoms. The Morgan fingerprint density at radius 3 is 2.21 bits per heavy atom. The van der Waals surface area contributed by atoms with Crippen molar-refractivity contribution in [2.24, 2.45) is 5.73 Å². The van der Waals surface area contributed by atoms with Gasteiger partial charge in [0.05, 0.1) is 5.75 Å². The van der Waals surface area contributed by atoms with E-state index in [2.05, 4.69) is 4.74 Å². The minimum absolute atomic E-state index is 0.173. The second kappa shape index (κ2) is 5.79. The normalized spacial score (nSPS) is 14.2. The third-order valence-corrected chi connectivity index (χ3v) is 3.21. The first-order valence-corrected chi connectivity index (χ1v) is 7.39. The van der Waals surface area contributed by atoms with Gasteiger partial charge in [0, 0.05) is 12.3 Å². The largest absolute Gasteiger partial charge is 0.573 e. The number of hydrogen-bond donors (Lipinski definition) is 1. The number of ether oxygens (including phenoxy) is 1. The Bertz CT molecular complexity index is 511. The van der Waals surface area contributed by atoms with Crippen LogP contribution in [0, 0.1) is 0 Å². The van der Waals surface area contributed by atoms with E-state index in [-0.39, 0.29) is 17.9 Å². The summed E-state index contributed by atoms with van der Waals surface area (Å²) in [6.07, 6.45) is -3.39. The van der Waals surface area contributed by atoms with E-state index >= 15 is 0 Å². The molecular weight excluding hydrogens is 283 g/mol. The second-order valence-electron chi connectivity index (χ2n) is 4.25. The fourth-order valence-electron chi connectivity index (χ4n) is 1.58. The number of hydrogen-bond acceptors (Lipinski definition) is 4. The lowest BCUT2D eigenvalue weighted by atomic mass is 10.1. The molecule has 8 heteroatoms. The second-order valence-corrected chi connectivity index (χ2v) is 6.43. The molecule has 0 aliphatic heterocycles. The van der Waals surface area contributed by atoms with Crippen molar-refractivity contribution < 1.29 is 26.3 Å². The summed E-state index contributed by atoms with van der Waals surface area (Å²) in [5.41, 5.74) is 6.29. The number of halogens is 3. The van der Waals surface area contributed by atoms with Crippen molar-refractivity contribution in [3.8, 4) is 5.75 Å². The quantitative estimate of drug-likeness (QED) is 0.894. The molecule has 1 atom stereocenters. The lowest BCUT2D eigenvalue weighted by Gasteiger charge is -2.12. The highest BCUT2D eigenvalue weighted by Crippen LogP contribution is 2.22. The maximum Gasteiger partial charge on any atom is 0.573 e. The molecule has 0 aliphatic rings. The zero-order chi connectivity index (χ0) is 14.7. The Morgan fingerprint density at radius 2 is 1.79 bits per heavy atom. The van der Waals surface area contributed by atoms with Crippen LogP contribution in [0.15, 0.2) is 24.3 Å². The van der Waals surface area contributed by atoms with E-state index in [0.29, 0.717) is 5.56 Å². The van der Waals surface area contributed by atoms with Gasteiger partial charge >= 0.3 is 6.36 Å². The molecular formula is C11H14F3NO3S. The summed E-state index contributed by atoms with van der Waals surface area (Å²) in [6, 6.07) is 4.57. The van der Waals surface area contributed by atoms with Crippen LogP contribution in [0.4, 0.5) is 13.2 Å². The van der Waals surface area contributed by atoms with E-state index in [9.17, 15) is 21.6 Å². The van der Waals surface area contributed by atoms with Crippen LogP contribution < -0.4 is 10.5 Å². The molecule has 4 nitrogen and oxygen atoms in total. The minimum Gasteiger partial charge on any atom is -0.406 e. The summed E-state index contributed by atoms with van der Waals surface area (Å²) >= 11 is 0. The molecule has 0 saturated heterocycles. The van der Waals surface area contributed by atoms with Gasteiger partial charge in [-0.1, -0.05) is 12.1 Å². The van der Waals surface area contributed by atoms with Crippen LogP contribution in [-0.4, -0.2) is 32.8 Å². The van der Waals surface area contributed by atoms with Crippen molar-refractivity contribution in [1.29, 1.82) is 0 Å². The van der Waals surface area contributed by atoms with Crippen LogP contribution in [0.5, 0.6) is 5.75 Å². The van der Waals surface area contributed by atoms with Crippen LogP contribution in [0.2, 0.25) is 0 Å². The molecule has 0 aromatic heterocycles. The van der Waals surface area contributed by atoms with Crippen LogP contribution >= 0.6 is 0 Å². The van der Waals surface area contributed by atoms with Crippen LogP contribution in [-0.2, 0) is 16.3 Å². The van der Waals surface area contributed by atoms with Gasteiger partial charge in [-0.3, -0.25) is 0 Å². The third kappa shape index (κ3) is 7.02. The average molecular weight is 297 g/mol. The molecule has 108 valence electrons. The predicted molar refractivity (Wildman–Crippen MR) is 64.5 cm³/mol. The number of alkyl halides is 3. The zero-order valence-electron chi connectivity index (χ0n) is 10.1. The lowest BCUT2D eigenvalue weighted by Crippen LogP contribution is -2.31. The molecule has 1 unspecified atom stereocenters. The number of sulfone groups is 1. The van der Waals surface area contributed by atoms with Crippen molar-refractivity contribution >= 4 is 9.84 Å². The van der Waals surface area contributed by atoms with Crippen LogP contribution in [0.3, 0.4) is 0 Å². The smallest absolute Gasteiger partial charge is 0.406 e. The summed E-state index contributed by atoms with van der Waals surface area (Å²) in [5.74, 6) is -0.499. The fraction of sp³-hybridized carbons (Fsp3) is 0.455. The summed E-state index contributed by atoms with van der Waals surface area (Å²) < 4.78 is 61.5. The summed E-state index contributed by atoms with van der Waals surface area (Å²) in [5, 5.41) is 0. The summed E-state index contributed by atoms with van der Waals surface area (Å²) in [6.45, 7) is 0. The van der Waals surface area contributed by atoms with E-state index in [1.165, 1.54) is 12.1 Å². The van der Waals surface area contributed by atoms with Gasteiger partial charge in [-0.2, -0.15) is 0 Å². The van der Waals surface area contributed by atoms with Crippen molar-refractivity contribution in [3.63, 3.8) is 0 Å². The van der Waals surface area contributed by atoms with E-state index in [0.717, 1.165) is 18.4 Å². The highest BCUT2D eigenvalue weighted by molar-refractivity contribution is 7.90. The molecule has 0 heterocycles. The van der Waals surface area contributed by atoms with Gasteiger partial charge < -0.3 is 10.5 Å². The van der Waals surface area contributed by atoms with Crippen molar-refractivity contribution in [1.82, 2.24) is 0 Å². The van der Waals surface area contributed by atoms with Gasteiger partial charge in [0.1, 0.15) is 15.6 Å². The van der Waals surface area contributed by atoms with Crippen molar-refractivity contribution in [2.45, 2.75) is 18.8 Å². The highest BCUT2D eigenvalue weighted by Gasteiger charge is 2.30. The number of rotatable bonds is 5. The van der Waals surface area contributed by atoms with Gasteiger partial charge in [-0.15, -0.1) is 13.2 Å². The van der Waals surface area contributed by atoms with Crippen LogP contribution in [0.25, 0.3) is 0 Å². The maximum atomic E-state index is 11.9. The Labute approximate surface area is 109 Å². The average Bonchev–Trinajstić information content (AvgIpc) is 2.15. The summed E-state index contributed by atoms with van der Waals surface area (Å²) in [7, 11) is -3.17. The monoisotopic (exact) mass is 297 g/mol. The van der Waals surface area contributed by atoms with Crippen molar-refractivity contribution in [2.75, 3.05) is 12.0 Å². The minimum atomic E-state index is -4.73. The third-order valence-electron chi connectivity index (χ3n) is 2.17. The van der Waals surface area contributed by atoms with E-state index in [1.807, 2.05) is 0 Å². The number of nitrogens with two attached hydrogens (primary N) is 1. The Balaban J connectivity index is 2.62. The molecule has 2 N–H and O–H groups in total. The first kappa shape index (κ1) is 15.8. The molecule has 0 radical (unpaired) electrons. The molecule has 1 rings (SSSR count). The Morgan fingerprint density at radius 1 is 1.26 bits per heavy atom.